The Hall–Kier alpha value is -1.46. The number of aliphatic hydroxyl groups excluding tert-OH is 1. The van der Waals surface area contributed by atoms with Crippen LogP contribution in [-0.4, -0.2) is 40.5 Å². The quantitative estimate of drug-likeness (QED) is 0.512. The Morgan fingerprint density at radius 3 is 3.12 bits per heavy atom. The van der Waals surface area contributed by atoms with Gasteiger partial charge in [0.25, 0.3) is 0 Å². The molecule has 1 aliphatic rings. The van der Waals surface area contributed by atoms with Crippen molar-refractivity contribution in [2.45, 2.75) is 13.0 Å². The summed E-state index contributed by atoms with van der Waals surface area (Å²) in [5.74, 6) is 0.394. The van der Waals surface area contributed by atoms with Gasteiger partial charge in [-0.25, -0.2) is 0 Å². The Labute approximate surface area is 101 Å². The predicted molar refractivity (Wildman–Crippen MR) is 65.7 cm³/mol. The molecule has 5 heteroatoms. The molecule has 1 aliphatic heterocycles. The van der Waals surface area contributed by atoms with Crippen molar-refractivity contribution < 1.29 is 5.11 Å². The highest BCUT2D eigenvalue weighted by Crippen LogP contribution is 2.18. The first-order valence-corrected chi connectivity index (χ1v) is 5.82. The molecular formula is C12H18N4O. The third kappa shape index (κ3) is 2.81. The Bertz CT molecular complexity index is 407. The number of rotatable bonds is 4. The zero-order valence-electron chi connectivity index (χ0n) is 9.76. The zero-order chi connectivity index (χ0) is 12.3. The number of nitrogens with zero attached hydrogens (tertiary/aromatic N) is 2. The predicted octanol–water partition coefficient (Wildman–Crippen LogP) is 0.180. The van der Waals surface area contributed by atoms with Gasteiger partial charge in [0.05, 0.1) is 0 Å². The monoisotopic (exact) mass is 234 g/mol. The van der Waals surface area contributed by atoms with E-state index in [1.807, 2.05) is 12.1 Å². The molecule has 1 saturated heterocycles. The number of amidine groups is 1. The third-order valence-electron chi connectivity index (χ3n) is 3.17. The number of nitrogen functional groups attached to an aromatic ring is 1. The van der Waals surface area contributed by atoms with Crippen LogP contribution in [0.5, 0.6) is 0 Å². The maximum absolute atomic E-state index is 9.10. The molecular weight excluding hydrogens is 216 g/mol. The van der Waals surface area contributed by atoms with E-state index < -0.39 is 0 Å². The molecule has 1 aromatic heterocycles. The van der Waals surface area contributed by atoms with Gasteiger partial charge < -0.3 is 10.8 Å². The Morgan fingerprint density at radius 2 is 2.47 bits per heavy atom. The van der Waals surface area contributed by atoms with Crippen LogP contribution in [0.2, 0.25) is 0 Å². The van der Waals surface area contributed by atoms with E-state index in [4.69, 9.17) is 16.2 Å². The summed E-state index contributed by atoms with van der Waals surface area (Å²) in [5, 5.41) is 16.6. The number of aliphatic hydroxyl groups is 1. The normalized spacial score (nSPS) is 20.6. The summed E-state index contributed by atoms with van der Waals surface area (Å²) in [6, 6.07) is 3.82. The van der Waals surface area contributed by atoms with Crippen LogP contribution in [0.4, 0.5) is 0 Å². The van der Waals surface area contributed by atoms with Crippen molar-refractivity contribution in [2.75, 3.05) is 19.7 Å². The second-order valence-corrected chi connectivity index (χ2v) is 4.50. The van der Waals surface area contributed by atoms with Crippen LogP contribution in [0.15, 0.2) is 18.3 Å². The van der Waals surface area contributed by atoms with E-state index >= 15 is 0 Å². The molecule has 0 saturated carbocycles. The van der Waals surface area contributed by atoms with Crippen LogP contribution >= 0.6 is 0 Å². The lowest BCUT2D eigenvalue weighted by atomic mass is 10.1. The van der Waals surface area contributed by atoms with Crippen LogP contribution < -0.4 is 5.73 Å². The molecule has 5 nitrogen and oxygen atoms in total. The number of aromatic nitrogens is 1. The molecule has 0 radical (unpaired) electrons. The summed E-state index contributed by atoms with van der Waals surface area (Å²) < 4.78 is 0. The lowest BCUT2D eigenvalue weighted by Gasteiger charge is -2.17. The number of pyridine rings is 1. The zero-order valence-corrected chi connectivity index (χ0v) is 9.76. The average Bonchev–Trinajstić information content (AvgIpc) is 2.77. The molecule has 4 N–H and O–H groups in total. The number of likely N-dealkylation sites (tertiary alicyclic amines) is 1. The van der Waals surface area contributed by atoms with E-state index in [2.05, 4.69) is 9.88 Å². The molecule has 2 heterocycles. The minimum absolute atomic E-state index is 0.0125. The van der Waals surface area contributed by atoms with Crippen LogP contribution in [0.25, 0.3) is 0 Å². The number of nitrogens with two attached hydrogens (primary N) is 1. The molecule has 1 atom stereocenters. The average molecular weight is 234 g/mol. The maximum atomic E-state index is 9.10. The maximum Gasteiger partial charge on any atom is 0.142 e. The van der Waals surface area contributed by atoms with Crippen molar-refractivity contribution in [1.29, 1.82) is 5.41 Å². The molecule has 1 aromatic rings. The lowest BCUT2D eigenvalue weighted by molar-refractivity contribution is 0.220. The smallest absolute Gasteiger partial charge is 0.142 e. The number of hydrogen-bond donors (Lipinski definition) is 3. The van der Waals surface area contributed by atoms with Crippen LogP contribution in [-0.2, 0) is 6.54 Å². The molecule has 0 amide bonds. The Kier molecular flexibility index (Phi) is 3.71. The van der Waals surface area contributed by atoms with Gasteiger partial charge in [-0.15, -0.1) is 0 Å². The van der Waals surface area contributed by atoms with E-state index in [-0.39, 0.29) is 12.4 Å². The molecule has 1 fully saturated rings. The number of hydrogen-bond acceptors (Lipinski definition) is 4. The minimum atomic E-state index is 0.0125. The Morgan fingerprint density at radius 1 is 1.65 bits per heavy atom. The third-order valence-corrected chi connectivity index (χ3v) is 3.17. The molecule has 0 aromatic carbocycles. The van der Waals surface area contributed by atoms with Gasteiger partial charge in [0.15, 0.2) is 0 Å². The standard InChI is InChI=1S/C12H18N4O/c13-12(14)11-10(2-1-4-15-11)7-16-5-3-9(6-16)8-17/h1-2,4,9,17H,3,5-8H2,(H3,13,14). The summed E-state index contributed by atoms with van der Waals surface area (Å²) in [6.45, 7) is 2.89. The van der Waals surface area contributed by atoms with E-state index in [0.717, 1.165) is 31.6 Å². The second kappa shape index (κ2) is 5.25. The Balaban J connectivity index is 2.06. The van der Waals surface area contributed by atoms with Gasteiger partial charge >= 0.3 is 0 Å². The summed E-state index contributed by atoms with van der Waals surface area (Å²) >= 11 is 0. The van der Waals surface area contributed by atoms with E-state index in [1.165, 1.54) is 0 Å². The summed E-state index contributed by atoms with van der Waals surface area (Å²) in [4.78, 5) is 6.40. The highest BCUT2D eigenvalue weighted by molar-refractivity contribution is 5.94. The summed E-state index contributed by atoms with van der Waals surface area (Å²) in [7, 11) is 0. The molecule has 0 aliphatic carbocycles. The van der Waals surface area contributed by atoms with Crippen LogP contribution in [0, 0.1) is 11.3 Å². The van der Waals surface area contributed by atoms with Gasteiger partial charge in [-0.2, -0.15) is 0 Å². The molecule has 17 heavy (non-hydrogen) atoms. The van der Waals surface area contributed by atoms with Gasteiger partial charge in [-0.1, -0.05) is 6.07 Å². The van der Waals surface area contributed by atoms with Crippen molar-refractivity contribution in [3.63, 3.8) is 0 Å². The molecule has 0 bridgehead atoms. The van der Waals surface area contributed by atoms with E-state index in [9.17, 15) is 0 Å². The number of nitrogens with one attached hydrogen (secondary N) is 1. The van der Waals surface area contributed by atoms with Crippen LogP contribution in [0.3, 0.4) is 0 Å². The first-order valence-electron chi connectivity index (χ1n) is 5.82. The SMILES string of the molecule is N=C(N)c1ncccc1CN1CCC(CO)C1. The fourth-order valence-electron chi connectivity index (χ4n) is 2.26. The van der Waals surface area contributed by atoms with Crippen molar-refractivity contribution in [2.24, 2.45) is 11.7 Å². The first-order chi connectivity index (χ1) is 8.20. The van der Waals surface area contributed by atoms with E-state index in [0.29, 0.717) is 11.6 Å². The van der Waals surface area contributed by atoms with Gasteiger partial charge in [0, 0.05) is 25.9 Å². The van der Waals surface area contributed by atoms with Crippen molar-refractivity contribution in [3.05, 3.63) is 29.6 Å². The highest BCUT2D eigenvalue weighted by atomic mass is 16.3. The molecule has 0 spiro atoms. The summed E-state index contributed by atoms with van der Waals surface area (Å²) in [5.41, 5.74) is 7.06. The fraction of sp³-hybridized carbons (Fsp3) is 0.500. The fourth-order valence-corrected chi connectivity index (χ4v) is 2.26. The van der Waals surface area contributed by atoms with Gasteiger partial charge in [0.1, 0.15) is 11.5 Å². The van der Waals surface area contributed by atoms with Crippen LogP contribution in [0.1, 0.15) is 17.7 Å². The van der Waals surface area contributed by atoms with Crippen molar-refractivity contribution >= 4 is 5.84 Å². The van der Waals surface area contributed by atoms with Crippen molar-refractivity contribution in [1.82, 2.24) is 9.88 Å². The minimum Gasteiger partial charge on any atom is -0.396 e. The van der Waals surface area contributed by atoms with Gasteiger partial charge in [-0.3, -0.25) is 15.3 Å². The second-order valence-electron chi connectivity index (χ2n) is 4.50. The summed E-state index contributed by atoms with van der Waals surface area (Å²) in [6.07, 6.45) is 2.69. The molecule has 92 valence electrons. The first kappa shape index (κ1) is 12.0. The van der Waals surface area contributed by atoms with E-state index in [1.54, 1.807) is 6.20 Å². The largest absolute Gasteiger partial charge is 0.396 e. The molecule has 1 unspecified atom stereocenters. The van der Waals surface area contributed by atoms with Crippen molar-refractivity contribution in [3.8, 4) is 0 Å². The molecule has 2 rings (SSSR count). The van der Waals surface area contributed by atoms with Gasteiger partial charge in [-0.05, 0) is 30.5 Å². The topological polar surface area (TPSA) is 86.2 Å². The highest BCUT2D eigenvalue weighted by Gasteiger charge is 2.22. The lowest BCUT2D eigenvalue weighted by Crippen LogP contribution is -2.24. The van der Waals surface area contributed by atoms with Gasteiger partial charge in [0.2, 0.25) is 0 Å².